The lowest BCUT2D eigenvalue weighted by Gasteiger charge is -2.34. The Bertz CT molecular complexity index is 840. The summed E-state index contributed by atoms with van der Waals surface area (Å²) in [4.78, 5) is 8.30. The lowest BCUT2D eigenvalue weighted by molar-refractivity contribution is 0.300. The maximum atomic E-state index is 13.4. The number of halogens is 1. The highest BCUT2D eigenvalue weighted by molar-refractivity contribution is 7.89. The number of nitrogens with zero attached hydrogens (tertiary/aromatic N) is 3. The molecule has 5 nitrogen and oxygen atoms in total. The van der Waals surface area contributed by atoms with Gasteiger partial charge in [0.05, 0.1) is 16.6 Å². The fourth-order valence-corrected chi connectivity index (χ4v) is 5.38. The summed E-state index contributed by atoms with van der Waals surface area (Å²) in [6, 6.07) is 4.82. The molecule has 2 aromatic rings. The van der Waals surface area contributed by atoms with Crippen molar-refractivity contribution in [3.63, 3.8) is 0 Å². The second kappa shape index (κ2) is 4.82. The standard InChI is InChI=1S/C15H14FN3O2S/c16-10-2-1-3-12(6-10)22(20,21)19-11-4-5-15(19)13-8-17-9-18-14(13)7-11/h1-3,6,8-9,11,15H,4-5,7H2. The van der Waals surface area contributed by atoms with Gasteiger partial charge >= 0.3 is 0 Å². The number of sulfonamides is 1. The monoisotopic (exact) mass is 319 g/mol. The lowest BCUT2D eigenvalue weighted by atomic mass is 10.0. The Morgan fingerprint density at radius 2 is 2.14 bits per heavy atom. The summed E-state index contributed by atoms with van der Waals surface area (Å²) < 4.78 is 40.8. The van der Waals surface area contributed by atoms with E-state index in [0.717, 1.165) is 30.2 Å². The molecular formula is C15H14FN3O2S. The van der Waals surface area contributed by atoms with Crippen LogP contribution in [0.1, 0.15) is 30.1 Å². The van der Waals surface area contributed by atoms with Gasteiger partial charge in [-0.15, -0.1) is 0 Å². The molecule has 1 aromatic carbocycles. The molecule has 7 heteroatoms. The minimum absolute atomic E-state index is 0.00435. The molecule has 2 aliphatic rings. The molecule has 0 radical (unpaired) electrons. The second-order valence-electron chi connectivity index (χ2n) is 5.67. The molecule has 0 amide bonds. The molecule has 2 bridgehead atoms. The van der Waals surface area contributed by atoms with E-state index >= 15 is 0 Å². The highest BCUT2D eigenvalue weighted by Gasteiger charge is 2.47. The van der Waals surface area contributed by atoms with E-state index < -0.39 is 15.8 Å². The van der Waals surface area contributed by atoms with Gasteiger partial charge in [0.2, 0.25) is 10.0 Å². The van der Waals surface area contributed by atoms with Crippen molar-refractivity contribution >= 4 is 10.0 Å². The smallest absolute Gasteiger partial charge is 0.244 e. The van der Waals surface area contributed by atoms with E-state index in [1.807, 2.05) is 0 Å². The Labute approximate surface area is 127 Å². The van der Waals surface area contributed by atoms with E-state index in [9.17, 15) is 12.8 Å². The number of fused-ring (bicyclic) bond motifs is 4. The van der Waals surface area contributed by atoms with Crippen LogP contribution < -0.4 is 0 Å². The van der Waals surface area contributed by atoms with E-state index in [0.29, 0.717) is 6.42 Å². The first-order valence-corrected chi connectivity index (χ1v) is 8.59. The van der Waals surface area contributed by atoms with Crippen molar-refractivity contribution in [2.24, 2.45) is 0 Å². The van der Waals surface area contributed by atoms with Crippen LogP contribution in [-0.2, 0) is 16.4 Å². The van der Waals surface area contributed by atoms with Crippen LogP contribution in [0.5, 0.6) is 0 Å². The van der Waals surface area contributed by atoms with E-state index in [4.69, 9.17) is 0 Å². The van der Waals surface area contributed by atoms with Crippen LogP contribution in [0.2, 0.25) is 0 Å². The van der Waals surface area contributed by atoms with Crippen molar-refractivity contribution in [2.75, 3.05) is 0 Å². The van der Waals surface area contributed by atoms with Crippen LogP contribution >= 0.6 is 0 Å². The van der Waals surface area contributed by atoms with Crippen molar-refractivity contribution in [1.82, 2.24) is 14.3 Å². The first kappa shape index (κ1) is 13.8. The Morgan fingerprint density at radius 1 is 1.27 bits per heavy atom. The maximum absolute atomic E-state index is 13.4. The molecule has 0 N–H and O–H groups in total. The molecular weight excluding hydrogens is 305 g/mol. The van der Waals surface area contributed by atoms with Gasteiger partial charge < -0.3 is 0 Å². The molecule has 4 rings (SSSR count). The van der Waals surface area contributed by atoms with Gasteiger partial charge in [0, 0.05) is 24.2 Å². The highest BCUT2D eigenvalue weighted by Crippen LogP contribution is 2.45. The van der Waals surface area contributed by atoms with Crippen molar-refractivity contribution in [3.05, 3.63) is 53.9 Å². The minimum atomic E-state index is -3.73. The Balaban J connectivity index is 1.81. The molecule has 1 aromatic heterocycles. The molecule has 114 valence electrons. The molecule has 2 aliphatic heterocycles. The number of benzene rings is 1. The van der Waals surface area contributed by atoms with Crippen molar-refractivity contribution in [3.8, 4) is 0 Å². The molecule has 0 saturated carbocycles. The summed E-state index contributed by atoms with van der Waals surface area (Å²) in [5.74, 6) is -0.547. The summed E-state index contributed by atoms with van der Waals surface area (Å²) in [5.41, 5.74) is 1.80. The van der Waals surface area contributed by atoms with Gasteiger partial charge in [0.1, 0.15) is 12.1 Å². The van der Waals surface area contributed by atoms with Gasteiger partial charge in [-0.1, -0.05) is 6.07 Å². The quantitative estimate of drug-likeness (QED) is 0.850. The first-order valence-electron chi connectivity index (χ1n) is 7.15. The minimum Gasteiger partial charge on any atom is -0.244 e. The normalized spacial score (nSPS) is 24.2. The van der Waals surface area contributed by atoms with Crippen molar-refractivity contribution < 1.29 is 12.8 Å². The summed E-state index contributed by atoms with van der Waals surface area (Å²) >= 11 is 0. The molecule has 3 heterocycles. The van der Waals surface area contributed by atoms with E-state index in [1.165, 1.54) is 28.8 Å². The van der Waals surface area contributed by atoms with Gasteiger partial charge in [0.15, 0.2) is 0 Å². The molecule has 2 atom stereocenters. The zero-order chi connectivity index (χ0) is 15.3. The van der Waals surface area contributed by atoms with Crippen molar-refractivity contribution in [1.29, 1.82) is 0 Å². The van der Waals surface area contributed by atoms with E-state index in [-0.39, 0.29) is 17.0 Å². The molecule has 0 aliphatic carbocycles. The third-order valence-corrected chi connectivity index (χ3v) is 6.38. The number of aromatic nitrogens is 2. The molecule has 22 heavy (non-hydrogen) atoms. The maximum Gasteiger partial charge on any atom is 0.244 e. The topological polar surface area (TPSA) is 63.2 Å². The van der Waals surface area contributed by atoms with Gasteiger partial charge in [-0.05, 0) is 31.0 Å². The van der Waals surface area contributed by atoms with E-state index in [2.05, 4.69) is 9.97 Å². The van der Waals surface area contributed by atoms with Crippen LogP contribution in [0.15, 0.2) is 41.7 Å². The zero-order valence-electron chi connectivity index (χ0n) is 11.7. The Hall–Kier alpha value is -1.86. The fraction of sp³-hybridized carbons (Fsp3) is 0.333. The molecule has 1 saturated heterocycles. The SMILES string of the molecule is O=S(=O)(c1cccc(F)c1)N1C2CCC1c1cncnc1C2. The Morgan fingerprint density at radius 3 is 2.95 bits per heavy atom. The average Bonchev–Trinajstić information content (AvgIpc) is 2.84. The molecule has 0 spiro atoms. The van der Waals surface area contributed by atoms with Crippen LogP contribution in [0.25, 0.3) is 0 Å². The summed E-state index contributed by atoms with van der Waals surface area (Å²) in [5, 5.41) is 0. The van der Waals surface area contributed by atoms with Gasteiger partial charge in [-0.25, -0.2) is 22.8 Å². The fourth-order valence-electron chi connectivity index (χ4n) is 3.49. The number of rotatable bonds is 2. The number of hydrogen-bond donors (Lipinski definition) is 0. The summed E-state index contributed by atoms with van der Waals surface area (Å²) in [6.45, 7) is 0. The van der Waals surface area contributed by atoms with E-state index in [1.54, 1.807) is 6.20 Å². The largest absolute Gasteiger partial charge is 0.244 e. The highest BCUT2D eigenvalue weighted by atomic mass is 32.2. The predicted molar refractivity (Wildman–Crippen MR) is 76.9 cm³/mol. The first-order chi connectivity index (χ1) is 10.6. The van der Waals surface area contributed by atoms with Crippen LogP contribution in [0.3, 0.4) is 0 Å². The molecule has 2 unspecified atom stereocenters. The van der Waals surface area contributed by atoms with Gasteiger partial charge in [-0.3, -0.25) is 0 Å². The summed E-state index contributed by atoms with van der Waals surface area (Å²) in [6.07, 6.45) is 5.32. The lowest BCUT2D eigenvalue weighted by Crippen LogP contribution is -2.42. The van der Waals surface area contributed by atoms with Crippen LogP contribution in [0, 0.1) is 5.82 Å². The van der Waals surface area contributed by atoms with Crippen molar-refractivity contribution in [2.45, 2.75) is 36.2 Å². The van der Waals surface area contributed by atoms with Crippen LogP contribution in [0.4, 0.5) is 4.39 Å². The Kier molecular flexibility index (Phi) is 3.02. The third kappa shape index (κ3) is 1.96. The second-order valence-corrected chi connectivity index (χ2v) is 7.51. The predicted octanol–water partition coefficient (Wildman–Crippen LogP) is 2.07. The summed E-state index contributed by atoms with van der Waals surface area (Å²) in [7, 11) is -3.73. The van der Waals surface area contributed by atoms with Gasteiger partial charge in [-0.2, -0.15) is 4.31 Å². The zero-order valence-corrected chi connectivity index (χ0v) is 12.5. The third-order valence-electron chi connectivity index (χ3n) is 4.43. The number of hydrogen-bond acceptors (Lipinski definition) is 4. The van der Waals surface area contributed by atoms with Crippen LogP contribution in [-0.4, -0.2) is 28.7 Å². The van der Waals surface area contributed by atoms with Gasteiger partial charge in [0.25, 0.3) is 0 Å². The molecule has 1 fully saturated rings. The average molecular weight is 319 g/mol.